The minimum atomic E-state index is -4.33. The molecule has 0 aliphatic heterocycles. The Labute approximate surface area is 125 Å². The number of hydrogen-bond donors (Lipinski definition) is 0. The molecule has 0 spiro atoms. The Hall–Kier alpha value is -1.34. The van der Waals surface area contributed by atoms with Crippen molar-refractivity contribution >= 4 is 17.2 Å². The molecule has 0 aliphatic rings. The molecule has 0 aliphatic carbocycles. The highest BCUT2D eigenvalue weighted by Crippen LogP contribution is 2.29. The Morgan fingerprint density at radius 2 is 1.76 bits per heavy atom. The predicted octanol–water partition coefficient (Wildman–Crippen LogP) is 3.17. The van der Waals surface area contributed by atoms with Gasteiger partial charge >= 0.3 is 6.18 Å². The second kappa shape index (κ2) is 5.46. The van der Waals surface area contributed by atoms with Gasteiger partial charge in [-0.3, -0.25) is 0 Å². The molecule has 0 unspecified atom stereocenters. The highest BCUT2D eigenvalue weighted by molar-refractivity contribution is 6.30. The summed E-state index contributed by atoms with van der Waals surface area (Å²) < 4.78 is 39.2. The molecule has 0 saturated heterocycles. The van der Waals surface area contributed by atoms with Gasteiger partial charge in [-0.25, -0.2) is 9.50 Å². The minimum absolute atomic E-state index is 0.0251. The van der Waals surface area contributed by atoms with Gasteiger partial charge in [-0.15, -0.1) is 0 Å². The summed E-state index contributed by atoms with van der Waals surface area (Å²) in [7, 11) is 3.80. The van der Waals surface area contributed by atoms with Gasteiger partial charge in [0.05, 0.1) is 12.1 Å². The van der Waals surface area contributed by atoms with Crippen molar-refractivity contribution in [3.05, 3.63) is 27.7 Å². The van der Waals surface area contributed by atoms with Crippen LogP contribution in [-0.4, -0.2) is 39.8 Å². The topological polar surface area (TPSA) is 33.4 Å². The van der Waals surface area contributed by atoms with Crippen LogP contribution in [0.4, 0.5) is 13.2 Å². The molecule has 0 aromatic carbocycles. The fourth-order valence-corrected chi connectivity index (χ4v) is 2.53. The molecular weight excluding hydrogens is 305 g/mol. The third-order valence-corrected chi connectivity index (χ3v) is 3.54. The van der Waals surface area contributed by atoms with Crippen molar-refractivity contribution in [1.82, 2.24) is 19.5 Å². The number of halogens is 4. The number of aromatic nitrogens is 3. The van der Waals surface area contributed by atoms with Crippen LogP contribution in [0, 0.1) is 13.8 Å². The van der Waals surface area contributed by atoms with Crippen molar-refractivity contribution in [2.24, 2.45) is 0 Å². The lowest BCUT2D eigenvalue weighted by Gasteiger charge is -2.13. The van der Waals surface area contributed by atoms with E-state index in [1.54, 1.807) is 6.92 Å². The molecule has 0 bridgehead atoms. The minimum Gasteiger partial charge on any atom is -0.305 e. The van der Waals surface area contributed by atoms with Gasteiger partial charge in [0, 0.05) is 23.4 Å². The standard InChI is InChI=1S/C13H16ClF3N4/c1-7-9(5-13(15,16)17)11(14)21-12(18-7)10(6-20(3)4)8(2)19-21/h5-6H2,1-4H3. The average Bonchev–Trinajstić information content (AvgIpc) is 2.61. The number of alkyl halides is 3. The van der Waals surface area contributed by atoms with Gasteiger partial charge in [0.1, 0.15) is 5.15 Å². The van der Waals surface area contributed by atoms with Gasteiger partial charge in [-0.2, -0.15) is 18.3 Å². The van der Waals surface area contributed by atoms with E-state index < -0.39 is 12.6 Å². The van der Waals surface area contributed by atoms with Gasteiger partial charge in [0.15, 0.2) is 5.65 Å². The Balaban J connectivity index is 2.63. The highest BCUT2D eigenvalue weighted by Gasteiger charge is 2.31. The molecule has 116 valence electrons. The molecular formula is C13H16ClF3N4. The van der Waals surface area contributed by atoms with Gasteiger partial charge in [-0.05, 0) is 27.9 Å². The van der Waals surface area contributed by atoms with E-state index in [9.17, 15) is 13.2 Å². The Bertz CT molecular complexity index is 676. The van der Waals surface area contributed by atoms with Crippen LogP contribution in [0.5, 0.6) is 0 Å². The first kappa shape index (κ1) is 16.0. The predicted molar refractivity (Wildman–Crippen MR) is 74.6 cm³/mol. The fourth-order valence-electron chi connectivity index (χ4n) is 2.21. The molecule has 8 heteroatoms. The molecule has 0 fully saturated rings. The first-order valence-corrected chi connectivity index (χ1v) is 6.72. The maximum absolute atomic E-state index is 12.6. The molecule has 0 N–H and O–H groups in total. The number of fused-ring (bicyclic) bond motifs is 1. The Morgan fingerprint density at radius 1 is 1.14 bits per heavy atom. The molecule has 0 amide bonds. The summed E-state index contributed by atoms with van der Waals surface area (Å²) in [5.41, 5.74) is 2.33. The molecule has 0 atom stereocenters. The summed E-state index contributed by atoms with van der Waals surface area (Å²) in [6.07, 6.45) is -5.44. The summed E-state index contributed by atoms with van der Waals surface area (Å²) in [5, 5.41) is 4.20. The van der Waals surface area contributed by atoms with Crippen LogP contribution in [0.2, 0.25) is 5.15 Å². The van der Waals surface area contributed by atoms with E-state index in [4.69, 9.17) is 11.6 Å². The summed E-state index contributed by atoms with van der Waals surface area (Å²) in [6, 6.07) is 0. The molecule has 0 saturated carbocycles. The van der Waals surface area contributed by atoms with Crippen molar-refractivity contribution < 1.29 is 13.2 Å². The van der Waals surface area contributed by atoms with E-state index in [0.29, 0.717) is 17.9 Å². The van der Waals surface area contributed by atoms with E-state index in [0.717, 1.165) is 5.56 Å². The van der Waals surface area contributed by atoms with Gasteiger partial charge in [0.2, 0.25) is 0 Å². The zero-order chi connectivity index (χ0) is 15.9. The normalized spacial score (nSPS) is 12.6. The molecule has 2 heterocycles. The fraction of sp³-hybridized carbons (Fsp3) is 0.538. The smallest absolute Gasteiger partial charge is 0.305 e. The van der Waals surface area contributed by atoms with Crippen LogP contribution >= 0.6 is 11.6 Å². The third-order valence-electron chi connectivity index (χ3n) is 3.15. The molecule has 0 radical (unpaired) electrons. The summed E-state index contributed by atoms with van der Waals surface area (Å²) in [5.74, 6) is 0. The van der Waals surface area contributed by atoms with Crippen molar-refractivity contribution in [2.75, 3.05) is 14.1 Å². The molecule has 2 aromatic heterocycles. The quantitative estimate of drug-likeness (QED) is 0.815. The van der Waals surface area contributed by atoms with E-state index >= 15 is 0 Å². The van der Waals surface area contributed by atoms with Gasteiger partial charge in [-0.1, -0.05) is 11.6 Å². The van der Waals surface area contributed by atoms with Crippen LogP contribution in [0.3, 0.4) is 0 Å². The average molecular weight is 321 g/mol. The van der Waals surface area contributed by atoms with E-state index in [-0.39, 0.29) is 16.4 Å². The highest BCUT2D eigenvalue weighted by atomic mass is 35.5. The van der Waals surface area contributed by atoms with E-state index in [2.05, 4.69) is 10.1 Å². The molecule has 21 heavy (non-hydrogen) atoms. The Morgan fingerprint density at radius 3 is 2.29 bits per heavy atom. The lowest BCUT2D eigenvalue weighted by Crippen LogP contribution is -2.16. The molecule has 2 aromatic rings. The van der Waals surface area contributed by atoms with Gasteiger partial charge < -0.3 is 4.90 Å². The third kappa shape index (κ3) is 3.29. The van der Waals surface area contributed by atoms with Crippen LogP contribution in [0.15, 0.2) is 0 Å². The SMILES string of the molecule is Cc1nc2c(CN(C)C)c(C)nn2c(Cl)c1CC(F)(F)F. The van der Waals surface area contributed by atoms with Crippen molar-refractivity contribution in [2.45, 2.75) is 33.0 Å². The maximum Gasteiger partial charge on any atom is 0.393 e. The van der Waals surface area contributed by atoms with Crippen LogP contribution in [-0.2, 0) is 13.0 Å². The van der Waals surface area contributed by atoms with E-state index in [1.807, 2.05) is 19.0 Å². The number of nitrogens with zero attached hydrogens (tertiary/aromatic N) is 4. The van der Waals surface area contributed by atoms with Crippen LogP contribution in [0.1, 0.15) is 22.5 Å². The maximum atomic E-state index is 12.6. The largest absolute Gasteiger partial charge is 0.393 e. The van der Waals surface area contributed by atoms with Crippen molar-refractivity contribution in [3.8, 4) is 0 Å². The Kier molecular flexibility index (Phi) is 4.17. The first-order valence-electron chi connectivity index (χ1n) is 6.35. The number of aryl methyl sites for hydroxylation is 2. The zero-order valence-electron chi connectivity index (χ0n) is 12.2. The van der Waals surface area contributed by atoms with Crippen molar-refractivity contribution in [3.63, 3.8) is 0 Å². The first-order chi connectivity index (χ1) is 9.60. The second-order valence-corrected chi connectivity index (χ2v) is 5.65. The monoisotopic (exact) mass is 320 g/mol. The van der Waals surface area contributed by atoms with Crippen LogP contribution in [0.25, 0.3) is 5.65 Å². The summed E-state index contributed by atoms with van der Waals surface area (Å²) in [6.45, 7) is 3.92. The summed E-state index contributed by atoms with van der Waals surface area (Å²) in [4.78, 5) is 6.23. The summed E-state index contributed by atoms with van der Waals surface area (Å²) >= 11 is 6.12. The van der Waals surface area contributed by atoms with Gasteiger partial charge in [0.25, 0.3) is 0 Å². The number of hydrogen-bond acceptors (Lipinski definition) is 3. The second-order valence-electron chi connectivity index (χ2n) is 5.30. The van der Waals surface area contributed by atoms with E-state index in [1.165, 1.54) is 11.4 Å². The van der Waals surface area contributed by atoms with Crippen molar-refractivity contribution in [1.29, 1.82) is 0 Å². The zero-order valence-corrected chi connectivity index (χ0v) is 13.0. The molecule has 2 rings (SSSR count). The lowest BCUT2D eigenvalue weighted by molar-refractivity contribution is -0.127. The van der Waals surface area contributed by atoms with Crippen LogP contribution < -0.4 is 0 Å². The lowest BCUT2D eigenvalue weighted by atomic mass is 10.1. The molecule has 4 nitrogen and oxygen atoms in total. The number of rotatable bonds is 3.